The van der Waals surface area contributed by atoms with Crippen molar-refractivity contribution < 1.29 is 4.79 Å². The minimum absolute atomic E-state index is 0.306. The number of benzene rings is 1. The van der Waals surface area contributed by atoms with E-state index in [1.165, 1.54) is 54.7 Å². The Hall–Kier alpha value is -2.86. The van der Waals surface area contributed by atoms with Crippen LogP contribution in [-0.4, -0.2) is 70.6 Å². The summed E-state index contributed by atoms with van der Waals surface area (Å²) in [6.45, 7) is 10.5. The first-order valence-electron chi connectivity index (χ1n) is 14.0. The molecule has 6 nitrogen and oxygen atoms in total. The van der Waals surface area contributed by atoms with Gasteiger partial charge in [0.05, 0.1) is 11.2 Å². The lowest BCUT2D eigenvalue weighted by Crippen LogP contribution is -2.49. The van der Waals surface area contributed by atoms with Gasteiger partial charge in [-0.2, -0.15) is 5.10 Å². The summed E-state index contributed by atoms with van der Waals surface area (Å²) in [7, 11) is 0. The average molecular weight is 486 g/mol. The number of hydrogen-bond acceptors (Lipinski definition) is 4. The molecule has 1 aliphatic carbocycles. The van der Waals surface area contributed by atoms with E-state index in [1.54, 1.807) is 0 Å². The second kappa shape index (κ2) is 9.89. The number of fused-ring (bicyclic) bond motifs is 1. The average Bonchev–Trinajstić information content (AvgIpc) is 3.70. The lowest BCUT2D eigenvalue weighted by molar-refractivity contribution is -0.132. The Bertz CT molecular complexity index is 1210. The number of anilines is 1. The molecule has 36 heavy (non-hydrogen) atoms. The molecule has 2 aromatic heterocycles. The Morgan fingerprint density at radius 3 is 2.50 bits per heavy atom. The van der Waals surface area contributed by atoms with E-state index in [0.717, 1.165) is 44.5 Å². The summed E-state index contributed by atoms with van der Waals surface area (Å²) < 4.78 is 2.01. The summed E-state index contributed by atoms with van der Waals surface area (Å²) in [4.78, 5) is 19.6. The Morgan fingerprint density at radius 1 is 1.00 bits per heavy atom. The molecule has 6 heteroatoms. The van der Waals surface area contributed by atoms with E-state index < -0.39 is 0 Å². The van der Waals surface area contributed by atoms with E-state index in [0.29, 0.717) is 23.8 Å². The molecule has 2 saturated heterocycles. The maximum atomic E-state index is 12.5. The molecule has 0 spiro atoms. The van der Waals surface area contributed by atoms with Crippen molar-refractivity contribution in [1.82, 2.24) is 19.4 Å². The number of piperidine rings is 1. The molecule has 1 saturated carbocycles. The largest absolute Gasteiger partial charge is 0.366 e. The van der Waals surface area contributed by atoms with Crippen molar-refractivity contribution in [2.45, 2.75) is 57.9 Å². The zero-order valence-electron chi connectivity index (χ0n) is 21.8. The van der Waals surface area contributed by atoms with Gasteiger partial charge in [0.2, 0.25) is 5.91 Å². The van der Waals surface area contributed by atoms with Gasteiger partial charge in [-0.15, -0.1) is 0 Å². The predicted molar refractivity (Wildman–Crippen MR) is 145 cm³/mol. The highest BCUT2D eigenvalue weighted by molar-refractivity contribution is 5.82. The van der Waals surface area contributed by atoms with Crippen LogP contribution in [0, 0.1) is 5.92 Å². The van der Waals surface area contributed by atoms with Gasteiger partial charge in [-0.05, 0) is 74.8 Å². The molecule has 6 rings (SSSR count). The van der Waals surface area contributed by atoms with Gasteiger partial charge in [0, 0.05) is 62.6 Å². The molecule has 190 valence electrons. The molecule has 3 aromatic rings. The number of nitrogens with zero attached hydrogens (tertiary/aromatic N) is 5. The van der Waals surface area contributed by atoms with Crippen molar-refractivity contribution in [2.75, 3.05) is 44.2 Å². The molecule has 0 N–H and O–H groups in total. The lowest BCUT2D eigenvalue weighted by atomic mass is 9.89. The van der Waals surface area contributed by atoms with Crippen LogP contribution in [0.15, 0.2) is 48.8 Å². The number of hydrogen-bond donors (Lipinski definition) is 0. The summed E-state index contributed by atoms with van der Waals surface area (Å²) in [5.41, 5.74) is 6.25. The van der Waals surface area contributed by atoms with Gasteiger partial charge < -0.3 is 14.7 Å². The minimum Gasteiger partial charge on any atom is -0.366 e. The third-order valence-electron chi connectivity index (χ3n) is 8.73. The number of rotatable bonds is 6. The second-order valence-electron chi connectivity index (χ2n) is 11.1. The number of piperazine rings is 1. The quantitative estimate of drug-likeness (QED) is 0.491. The fourth-order valence-corrected chi connectivity index (χ4v) is 6.07. The molecule has 3 aliphatic rings. The molecule has 2 aliphatic heterocycles. The van der Waals surface area contributed by atoms with E-state index in [4.69, 9.17) is 0 Å². The first kappa shape index (κ1) is 23.5. The van der Waals surface area contributed by atoms with Crippen LogP contribution in [0.2, 0.25) is 0 Å². The topological polar surface area (TPSA) is 44.1 Å². The fraction of sp³-hybridized carbons (Fsp3) is 0.533. The first-order chi connectivity index (χ1) is 17.6. The van der Waals surface area contributed by atoms with E-state index in [-0.39, 0.29) is 0 Å². The van der Waals surface area contributed by atoms with E-state index in [1.807, 2.05) is 10.7 Å². The number of aromatic nitrogens is 2. The van der Waals surface area contributed by atoms with Crippen molar-refractivity contribution in [3.8, 4) is 11.1 Å². The minimum atomic E-state index is 0.306. The van der Waals surface area contributed by atoms with Gasteiger partial charge >= 0.3 is 0 Å². The van der Waals surface area contributed by atoms with Crippen molar-refractivity contribution >= 4 is 17.1 Å². The van der Waals surface area contributed by atoms with Crippen LogP contribution in [0.4, 0.5) is 5.69 Å². The summed E-state index contributed by atoms with van der Waals surface area (Å²) in [6, 6.07) is 14.3. The Balaban J connectivity index is 1.17. The van der Waals surface area contributed by atoms with Gasteiger partial charge in [-0.1, -0.05) is 31.2 Å². The smallest absolute Gasteiger partial charge is 0.225 e. The maximum absolute atomic E-state index is 12.5. The molecule has 3 fully saturated rings. The van der Waals surface area contributed by atoms with Crippen molar-refractivity contribution in [3.05, 3.63) is 54.4 Å². The van der Waals surface area contributed by atoms with Crippen LogP contribution >= 0.6 is 0 Å². The highest BCUT2D eigenvalue weighted by Gasteiger charge is 2.34. The molecule has 4 heterocycles. The zero-order valence-corrected chi connectivity index (χ0v) is 21.8. The Morgan fingerprint density at radius 2 is 1.78 bits per heavy atom. The molecule has 2 atom stereocenters. The van der Waals surface area contributed by atoms with Crippen LogP contribution < -0.4 is 4.90 Å². The van der Waals surface area contributed by atoms with Crippen LogP contribution in [0.5, 0.6) is 0 Å². The first-order valence-corrected chi connectivity index (χ1v) is 14.0. The van der Waals surface area contributed by atoms with Gasteiger partial charge in [-0.25, -0.2) is 4.52 Å². The summed E-state index contributed by atoms with van der Waals surface area (Å²) in [5.74, 6) is 1.30. The van der Waals surface area contributed by atoms with Gasteiger partial charge in [0.15, 0.2) is 0 Å². The Kier molecular flexibility index (Phi) is 6.46. The highest BCUT2D eigenvalue weighted by atomic mass is 16.2. The number of amides is 1. The van der Waals surface area contributed by atoms with Crippen LogP contribution in [0.25, 0.3) is 16.6 Å². The normalized spacial score (nSPS) is 22.2. The summed E-state index contributed by atoms with van der Waals surface area (Å²) in [6.07, 6.45) is 9.99. The van der Waals surface area contributed by atoms with Gasteiger partial charge in [0.25, 0.3) is 0 Å². The molecule has 1 aromatic carbocycles. The second-order valence-corrected chi connectivity index (χ2v) is 11.1. The Labute approximate surface area is 214 Å². The van der Waals surface area contributed by atoms with Crippen molar-refractivity contribution in [2.24, 2.45) is 5.92 Å². The van der Waals surface area contributed by atoms with Crippen LogP contribution in [0.1, 0.15) is 57.4 Å². The van der Waals surface area contributed by atoms with Crippen LogP contribution in [0.3, 0.4) is 0 Å². The number of likely N-dealkylation sites (tertiary alicyclic amines) is 1. The standard InChI is InChI=1S/C30H39N5O/c1-3-22(2)34-14-4-5-26(20-34)23-6-8-24(9-7-23)27-19-29-28(12-13-31-35(29)21-27)32-15-17-33(18-16-32)30(36)25-10-11-25/h6-9,12-13,19,21-22,25-26H,3-5,10-11,14-18,20H2,1-2H3/t22?,26-/m1/s1. The summed E-state index contributed by atoms with van der Waals surface area (Å²) in [5, 5.41) is 4.60. The van der Waals surface area contributed by atoms with Crippen molar-refractivity contribution in [3.63, 3.8) is 0 Å². The monoisotopic (exact) mass is 485 g/mol. The van der Waals surface area contributed by atoms with E-state index in [2.05, 4.69) is 76.2 Å². The molecule has 1 unspecified atom stereocenters. The molecular weight excluding hydrogens is 446 g/mol. The highest BCUT2D eigenvalue weighted by Crippen LogP contribution is 2.34. The third-order valence-corrected chi connectivity index (χ3v) is 8.73. The zero-order chi connectivity index (χ0) is 24.6. The SMILES string of the molecule is CCC(C)N1CCC[C@@H](c2ccc(-c3cc4c(N5CCN(C(=O)C6CC6)CC5)ccnn4c3)cc2)C1. The lowest BCUT2D eigenvalue weighted by Gasteiger charge is -2.36. The summed E-state index contributed by atoms with van der Waals surface area (Å²) >= 11 is 0. The predicted octanol–water partition coefficient (Wildman–Crippen LogP) is 5.04. The van der Waals surface area contributed by atoms with E-state index in [9.17, 15) is 4.79 Å². The molecule has 0 radical (unpaired) electrons. The van der Waals surface area contributed by atoms with Gasteiger partial charge in [0.1, 0.15) is 0 Å². The van der Waals surface area contributed by atoms with Gasteiger partial charge in [-0.3, -0.25) is 4.79 Å². The number of carbonyl (C=O) groups excluding carboxylic acids is 1. The third kappa shape index (κ3) is 4.63. The molecule has 0 bridgehead atoms. The van der Waals surface area contributed by atoms with E-state index >= 15 is 0 Å². The molecular formula is C30H39N5O. The number of carbonyl (C=O) groups is 1. The maximum Gasteiger partial charge on any atom is 0.225 e. The van der Waals surface area contributed by atoms with Crippen LogP contribution in [-0.2, 0) is 4.79 Å². The molecule has 1 amide bonds. The van der Waals surface area contributed by atoms with Crippen molar-refractivity contribution in [1.29, 1.82) is 0 Å². The fourth-order valence-electron chi connectivity index (χ4n) is 6.07.